The average molecular weight is 428 g/mol. The molecule has 0 aliphatic rings. The molecule has 1 N–H and O–H groups in total. The fraction of sp³-hybridized carbons (Fsp3) is 0.130. The van der Waals surface area contributed by atoms with Crippen molar-refractivity contribution in [1.82, 2.24) is 0 Å². The van der Waals surface area contributed by atoms with E-state index in [1.807, 2.05) is 31.2 Å². The Kier molecular flexibility index (Phi) is 6.57. The normalized spacial score (nSPS) is 10.6. The van der Waals surface area contributed by atoms with Gasteiger partial charge >= 0.3 is 5.97 Å². The highest BCUT2D eigenvalue weighted by atomic mass is 35.5. The van der Waals surface area contributed by atoms with Crippen molar-refractivity contribution in [3.05, 3.63) is 99.0 Å². The molecule has 0 bridgehead atoms. The average Bonchev–Trinajstić information content (AvgIpc) is 2.71. The van der Waals surface area contributed by atoms with Crippen molar-refractivity contribution < 1.29 is 14.7 Å². The van der Waals surface area contributed by atoms with Crippen LogP contribution in [0.2, 0.25) is 10.0 Å². The van der Waals surface area contributed by atoms with E-state index in [0.29, 0.717) is 21.2 Å². The molecule has 0 spiro atoms. The summed E-state index contributed by atoms with van der Waals surface area (Å²) in [5.74, 6) is -1.28. The minimum atomic E-state index is -1.01. The predicted octanol–water partition coefficient (Wildman–Crippen LogP) is 6.10. The second-order valence-electron chi connectivity index (χ2n) is 6.54. The first-order valence-electron chi connectivity index (χ1n) is 9.07. The minimum absolute atomic E-state index is 0.171. The predicted molar refractivity (Wildman–Crippen MR) is 116 cm³/mol. The van der Waals surface area contributed by atoms with Crippen molar-refractivity contribution in [2.45, 2.75) is 19.9 Å². The van der Waals surface area contributed by atoms with Gasteiger partial charge < -0.3 is 10.0 Å². The van der Waals surface area contributed by atoms with E-state index >= 15 is 0 Å². The molecule has 0 aromatic heterocycles. The third kappa shape index (κ3) is 4.97. The molecule has 0 heterocycles. The molecule has 0 aliphatic heterocycles. The number of carbonyl (C=O) groups is 2. The van der Waals surface area contributed by atoms with Gasteiger partial charge in [0.25, 0.3) is 5.91 Å². The largest absolute Gasteiger partial charge is 0.478 e. The maximum absolute atomic E-state index is 13.4. The summed E-state index contributed by atoms with van der Waals surface area (Å²) in [5.41, 5.74) is 3.00. The molecule has 0 atom stereocenters. The van der Waals surface area contributed by atoms with Crippen molar-refractivity contribution in [2.75, 3.05) is 4.90 Å². The highest BCUT2D eigenvalue weighted by molar-refractivity contribution is 6.35. The van der Waals surface area contributed by atoms with Crippen LogP contribution in [0.1, 0.15) is 38.8 Å². The number of carboxylic acid groups (broad SMARTS) is 1. The van der Waals surface area contributed by atoms with Crippen LogP contribution in [0, 0.1) is 0 Å². The first-order valence-corrected chi connectivity index (χ1v) is 9.82. The van der Waals surface area contributed by atoms with E-state index in [0.717, 1.165) is 17.7 Å². The molecule has 0 unspecified atom stereocenters. The van der Waals surface area contributed by atoms with Gasteiger partial charge in [0.05, 0.1) is 12.1 Å². The van der Waals surface area contributed by atoms with Crippen molar-refractivity contribution >= 4 is 40.8 Å². The molecule has 1 amide bonds. The molecule has 29 heavy (non-hydrogen) atoms. The molecular formula is C23H19Cl2NO3. The van der Waals surface area contributed by atoms with Gasteiger partial charge in [0.2, 0.25) is 0 Å². The lowest BCUT2D eigenvalue weighted by atomic mass is 10.1. The number of anilines is 1. The first kappa shape index (κ1) is 20.9. The van der Waals surface area contributed by atoms with Crippen LogP contribution in [0.15, 0.2) is 66.7 Å². The number of carbonyl (C=O) groups excluding carboxylic acids is 1. The van der Waals surface area contributed by atoms with Crippen LogP contribution in [0.3, 0.4) is 0 Å². The number of aryl methyl sites for hydroxylation is 1. The third-order valence-electron chi connectivity index (χ3n) is 4.53. The maximum Gasteiger partial charge on any atom is 0.335 e. The summed E-state index contributed by atoms with van der Waals surface area (Å²) in [5, 5.41) is 10.0. The quantitative estimate of drug-likeness (QED) is 0.516. The van der Waals surface area contributed by atoms with Crippen LogP contribution in [-0.4, -0.2) is 17.0 Å². The summed E-state index contributed by atoms with van der Waals surface area (Å²) in [6.07, 6.45) is 0.741. The van der Waals surface area contributed by atoms with E-state index < -0.39 is 5.97 Å². The topological polar surface area (TPSA) is 57.6 Å². The molecule has 3 aromatic rings. The van der Waals surface area contributed by atoms with Gasteiger partial charge in [-0.05, 0) is 53.9 Å². The summed E-state index contributed by atoms with van der Waals surface area (Å²) in [6.45, 7) is 2.23. The first-order chi connectivity index (χ1) is 13.9. The van der Waals surface area contributed by atoms with Gasteiger partial charge in [-0.25, -0.2) is 4.79 Å². The van der Waals surface area contributed by atoms with Crippen molar-refractivity contribution in [3.8, 4) is 0 Å². The summed E-state index contributed by atoms with van der Waals surface area (Å²) < 4.78 is 0. The smallest absolute Gasteiger partial charge is 0.335 e. The molecule has 6 heteroatoms. The summed E-state index contributed by atoms with van der Waals surface area (Å²) in [6, 6.07) is 18.9. The molecule has 148 valence electrons. The number of para-hydroxylation sites is 1. The van der Waals surface area contributed by atoms with Crippen LogP contribution in [0.4, 0.5) is 5.69 Å². The van der Waals surface area contributed by atoms with Gasteiger partial charge in [0.15, 0.2) is 0 Å². The Hall–Kier alpha value is -2.82. The number of aromatic carboxylic acids is 1. The number of hydrogen-bond acceptors (Lipinski definition) is 2. The minimum Gasteiger partial charge on any atom is -0.478 e. The van der Waals surface area contributed by atoms with Crippen LogP contribution >= 0.6 is 23.2 Å². The van der Waals surface area contributed by atoms with Gasteiger partial charge in [0.1, 0.15) is 0 Å². The van der Waals surface area contributed by atoms with Crippen LogP contribution in [-0.2, 0) is 13.0 Å². The number of halogens is 2. The number of benzene rings is 3. The van der Waals surface area contributed by atoms with Gasteiger partial charge in [-0.15, -0.1) is 0 Å². The molecule has 0 saturated carbocycles. The van der Waals surface area contributed by atoms with Crippen molar-refractivity contribution in [3.63, 3.8) is 0 Å². The lowest BCUT2D eigenvalue weighted by Crippen LogP contribution is -2.31. The Morgan fingerprint density at radius 3 is 2.24 bits per heavy atom. The Morgan fingerprint density at radius 1 is 0.897 bits per heavy atom. The van der Waals surface area contributed by atoms with E-state index in [1.54, 1.807) is 41.3 Å². The van der Waals surface area contributed by atoms with Gasteiger partial charge in [0, 0.05) is 21.3 Å². The van der Waals surface area contributed by atoms with Crippen molar-refractivity contribution in [1.29, 1.82) is 0 Å². The number of rotatable bonds is 6. The number of amides is 1. The van der Waals surface area contributed by atoms with Gasteiger partial charge in [-0.3, -0.25) is 4.79 Å². The lowest BCUT2D eigenvalue weighted by Gasteiger charge is -2.26. The molecule has 0 saturated heterocycles. The van der Waals surface area contributed by atoms with Gasteiger partial charge in [-0.1, -0.05) is 60.5 Å². The Morgan fingerprint density at radius 2 is 1.59 bits per heavy atom. The number of hydrogen-bond donors (Lipinski definition) is 1. The van der Waals surface area contributed by atoms with Gasteiger partial charge in [-0.2, -0.15) is 0 Å². The van der Waals surface area contributed by atoms with E-state index in [2.05, 4.69) is 0 Å². The molecule has 0 fully saturated rings. The zero-order valence-electron chi connectivity index (χ0n) is 15.7. The fourth-order valence-electron chi connectivity index (χ4n) is 3.16. The SMILES string of the molecule is CCc1ccccc1N(Cc1cccc(C(=O)O)c1)C(=O)c1cc(Cl)cc(Cl)c1. The second-order valence-corrected chi connectivity index (χ2v) is 7.41. The van der Waals surface area contributed by atoms with E-state index in [1.165, 1.54) is 6.07 Å². The van der Waals surface area contributed by atoms with E-state index in [-0.39, 0.29) is 18.0 Å². The third-order valence-corrected chi connectivity index (χ3v) is 4.97. The summed E-state index contributed by atoms with van der Waals surface area (Å²) in [7, 11) is 0. The highest BCUT2D eigenvalue weighted by Gasteiger charge is 2.21. The van der Waals surface area contributed by atoms with E-state index in [4.69, 9.17) is 23.2 Å². The van der Waals surface area contributed by atoms with Crippen LogP contribution in [0.5, 0.6) is 0 Å². The summed E-state index contributed by atoms with van der Waals surface area (Å²) >= 11 is 12.2. The molecule has 3 rings (SSSR count). The Labute approximate surface area is 179 Å². The Balaban J connectivity index is 2.08. The molecular weight excluding hydrogens is 409 g/mol. The standard InChI is InChI=1S/C23H19Cl2NO3/c1-2-16-7-3-4-9-21(16)26(14-15-6-5-8-17(10-15)23(28)29)22(27)18-11-19(24)13-20(25)12-18/h3-13H,2,14H2,1H3,(H,28,29). The lowest BCUT2D eigenvalue weighted by molar-refractivity contribution is 0.0696. The summed E-state index contributed by atoms with van der Waals surface area (Å²) in [4.78, 5) is 26.4. The molecule has 3 aromatic carbocycles. The highest BCUT2D eigenvalue weighted by Crippen LogP contribution is 2.27. The fourth-order valence-corrected chi connectivity index (χ4v) is 3.68. The number of carboxylic acids is 1. The monoisotopic (exact) mass is 427 g/mol. The molecule has 4 nitrogen and oxygen atoms in total. The van der Waals surface area contributed by atoms with Crippen LogP contribution < -0.4 is 4.90 Å². The van der Waals surface area contributed by atoms with Crippen LogP contribution in [0.25, 0.3) is 0 Å². The molecule has 0 radical (unpaired) electrons. The van der Waals surface area contributed by atoms with E-state index in [9.17, 15) is 14.7 Å². The zero-order chi connectivity index (χ0) is 21.0. The van der Waals surface area contributed by atoms with Crippen molar-refractivity contribution in [2.24, 2.45) is 0 Å². The maximum atomic E-state index is 13.4. The Bertz CT molecular complexity index is 1050. The molecule has 0 aliphatic carbocycles. The number of nitrogens with zero attached hydrogens (tertiary/aromatic N) is 1. The zero-order valence-corrected chi connectivity index (χ0v) is 17.2. The second kappa shape index (κ2) is 9.12.